The summed E-state index contributed by atoms with van der Waals surface area (Å²) in [5.74, 6) is 0.178. The van der Waals surface area contributed by atoms with Gasteiger partial charge in [-0.15, -0.1) is 0 Å². The number of aromatic nitrogens is 4. The first-order chi connectivity index (χ1) is 13.2. The third kappa shape index (κ3) is 2.99. The molecule has 0 radical (unpaired) electrons. The van der Waals surface area contributed by atoms with Crippen molar-refractivity contribution in [2.24, 2.45) is 0 Å². The average molecular weight is 359 g/mol. The summed E-state index contributed by atoms with van der Waals surface area (Å²) in [5, 5.41) is 12.3. The summed E-state index contributed by atoms with van der Waals surface area (Å²) < 4.78 is 2.93. The number of para-hydroxylation sites is 1. The van der Waals surface area contributed by atoms with Crippen LogP contribution in [-0.4, -0.2) is 25.5 Å². The van der Waals surface area contributed by atoms with Crippen molar-refractivity contribution in [3.8, 4) is 5.69 Å². The van der Waals surface area contributed by atoms with E-state index in [1.807, 2.05) is 25.1 Å². The molecule has 7 heteroatoms. The highest BCUT2D eigenvalue weighted by molar-refractivity contribution is 6.10. The van der Waals surface area contributed by atoms with E-state index in [1.165, 1.54) is 4.68 Å². The number of fused-ring (bicyclic) bond motifs is 1. The highest BCUT2D eigenvalue weighted by Crippen LogP contribution is 2.17. The molecule has 0 spiro atoms. The Hall–Kier alpha value is -3.74. The maximum absolute atomic E-state index is 13.0. The van der Waals surface area contributed by atoms with E-state index in [0.717, 1.165) is 0 Å². The number of carbonyl (C=O) groups excluding carboxylic acids is 1. The monoisotopic (exact) mass is 359 g/mol. The topological polar surface area (TPSA) is 81.8 Å². The predicted octanol–water partition coefficient (Wildman–Crippen LogP) is 2.85. The van der Waals surface area contributed by atoms with Gasteiger partial charge >= 0.3 is 0 Å². The van der Waals surface area contributed by atoms with E-state index in [0.29, 0.717) is 28.8 Å². The number of benzene rings is 2. The maximum atomic E-state index is 13.0. The predicted molar refractivity (Wildman–Crippen MR) is 103 cm³/mol. The lowest BCUT2D eigenvalue weighted by Crippen LogP contribution is -2.27. The molecule has 0 fully saturated rings. The second-order valence-electron chi connectivity index (χ2n) is 5.93. The molecule has 2 aromatic carbocycles. The Morgan fingerprint density at radius 2 is 1.70 bits per heavy atom. The van der Waals surface area contributed by atoms with Crippen LogP contribution in [0.2, 0.25) is 0 Å². The minimum absolute atomic E-state index is 0.179. The smallest absolute Gasteiger partial charge is 0.279 e. The number of carbonyl (C=O) groups is 1. The molecule has 4 aromatic rings. The van der Waals surface area contributed by atoms with Crippen molar-refractivity contribution in [1.29, 1.82) is 0 Å². The summed E-state index contributed by atoms with van der Waals surface area (Å²) in [4.78, 5) is 25.8. The molecule has 0 aliphatic heterocycles. The maximum Gasteiger partial charge on any atom is 0.279 e. The zero-order valence-electron chi connectivity index (χ0n) is 14.7. The van der Waals surface area contributed by atoms with Crippen LogP contribution in [-0.2, 0) is 6.54 Å². The lowest BCUT2D eigenvalue weighted by molar-refractivity contribution is 0.102. The fraction of sp³-hybridized carbons (Fsp3) is 0.100. The van der Waals surface area contributed by atoms with Crippen LogP contribution < -0.4 is 10.9 Å². The quantitative estimate of drug-likeness (QED) is 0.607. The Balaban J connectivity index is 1.88. The molecule has 1 N–H and O–H groups in total. The largest absolute Gasteiger partial charge is 0.305 e. The number of nitrogens with zero attached hydrogens (tertiary/aromatic N) is 4. The SMILES string of the molecule is CCn1nccc1NC(=O)c1nn(-c2ccccc2)c(=O)c2ccccc12. The van der Waals surface area contributed by atoms with Gasteiger partial charge in [-0.25, -0.2) is 4.68 Å². The van der Waals surface area contributed by atoms with E-state index in [4.69, 9.17) is 0 Å². The van der Waals surface area contributed by atoms with Crippen LogP contribution in [0.15, 0.2) is 71.7 Å². The van der Waals surface area contributed by atoms with Gasteiger partial charge in [-0.2, -0.15) is 14.9 Å². The fourth-order valence-corrected chi connectivity index (χ4v) is 2.97. The lowest BCUT2D eigenvalue weighted by atomic mass is 10.1. The molecule has 27 heavy (non-hydrogen) atoms. The Kier molecular flexibility index (Phi) is 4.25. The molecule has 0 aliphatic carbocycles. The van der Waals surface area contributed by atoms with Crippen molar-refractivity contribution in [2.75, 3.05) is 5.32 Å². The van der Waals surface area contributed by atoms with Crippen molar-refractivity contribution in [1.82, 2.24) is 19.6 Å². The van der Waals surface area contributed by atoms with Gasteiger partial charge in [0.25, 0.3) is 11.5 Å². The Bertz CT molecular complexity index is 1180. The van der Waals surface area contributed by atoms with Crippen LogP contribution in [0.5, 0.6) is 0 Å². The molecule has 134 valence electrons. The van der Waals surface area contributed by atoms with E-state index in [1.54, 1.807) is 53.3 Å². The standard InChI is InChI=1S/C20H17N5O2/c1-2-24-17(12-13-21-24)22-19(26)18-15-10-6-7-11-16(15)20(27)25(23-18)14-8-4-3-5-9-14/h3-13H,2H2,1H3,(H,22,26). The molecular weight excluding hydrogens is 342 g/mol. The average Bonchev–Trinajstić information content (AvgIpc) is 3.16. The second-order valence-corrected chi connectivity index (χ2v) is 5.93. The molecule has 0 bridgehead atoms. The van der Waals surface area contributed by atoms with Crippen LogP contribution in [0.3, 0.4) is 0 Å². The van der Waals surface area contributed by atoms with Gasteiger partial charge in [0, 0.05) is 18.0 Å². The van der Waals surface area contributed by atoms with Crippen molar-refractivity contribution in [3.05, 3.63) is 82.9 Å². The van der Waals surface area contributed by atoms with Crippen LogP contribution in [0.4, 0.5) is 5.82 Å². The highest BCUT2D eigenvalue weighted by Gasteiger charge is 2.18. The van der Waals surface area contributed by atoms with Crippen molar-refractivity contribution in [2.45, 2.75) is 13.5 Å². The zero-order chi connectivity index (χ0) is 18.8. The van der Waals surface area contributed by atoms with Crippen molar-refractivity contribution >= 4 is 22.5 Å². The minimum atomic E-state index is -0.397. The van der Waals surface area contributed by atoms with Gasteiger partial charge in [0.05, 0.1) is 17.3 Å². The third-order valence-corrected chi connectivity index (χ3v) is 4.28. The van der Waals surface area contributed by atoms with Gasteiger partial charge in [-0.3, -0.25) is 9.59 Å². The number of nitrogens with one attached hydrogen (secondary N) is 1. The molecule has 0 saturated carbocycles. The summed E-state index contributed by atoms with van der Waals surface area (Å²) in [6.07, 6.45) is 1.62. The number of hydrogen-bond acceptors (Lipinski definition) is 4. The molecule has 0 atom stereocenters. The molecule has 7 nitrogen and oxygen atoms in total. The minimum Gasteiger partial charge on any atom is -0.305 e. The number of amides is 1. The molecule has 4 rings (SSSR count). The lowest BCUT2D eigenvalue weighted by Gasteiger charge is -2.12. The van der Waals surface area contributed by atoms with Crippen molar-refractivity contribution < 1.29 is 4.79 Å². The second kappa shape index (κ2) is 6.87. The van der Waals surface area contributed by atoms with Gasteiger partial charge in [-0.05, 0) is 25.1 Å². The molecule has 0 saturated heterocycles. The van der Waals surface area contributed by atoms with Crippen molar-refractivity contribution in [3.63, 3.8) is 0 Å². The van der Waals surface area contributed by atoms with E-state index in [9.17, 15) is 9.59 Å². The van der Waals surface area contributed by atoms with Gasteiger partial charge in [0.1, 0.15) is 5.82 Å². The summed E-state index contributed by atoms with van der Waals surface area (Å²) in [7, 11) is 0. The number of aryl methyl sites for hydroxylation is 1. The zero-order valence-corrected chi connectivity index (χ0v) is 14.7. The summed E-state index contributed by atoms with van der Waals surface area (Å²) >= 11 is 0. The summed E-state index contributed by atoms with van der Waals surface area (Å²) in [6.45, 7) is 2.56. The van der Waals surface area contributed by atoms with Gasteiger partial charge in [0.2, 0.25) is 0 Å². The van der Waals surface area contributed by atoms with Crippen LogP contribution in [0.25, 0.3) is 16.5 Å². The first-order valence-electron chi connectivity index (χ1n) is 8.59. The van der Waals surface area contributed by atoms with E-state index >= 15 is 0 Å². The van der Waals surface area contributed by atoms with Gasteiger partial charge < -0.3 is 5.32 Å². The number of hydrogen-bond donors (Lipinski definition) is 1. The molecule has 2 aromatic heterocycles. The van der Waals surface area contributed by atoms with E-state index < -0.39 is 5.91 Å². The van der Waals surface area contributed by atoms with E-state index in [2.05, 4.69) is 15.5 Å². The van der Waals surface area contributed by atoms with Crippen LogP contribution >= 0.6 is 0 Å². The molecule has 0 unspecified atom stereocenters. The molecular formula is C20H17N5O2. The van der Waals surface area contributed by atoms with Crippen LogP contribution in [0.1, 0.15) is 17.4 Å². The summed E-state index contributed by atoms with van der Waals surface area (Å²) in [5.41, 5.74) is 0.505. The summed E-state index contributed by atoms with van der Waals surface area (Å²) in [6, 6.07) is 17.7. The highest BCUT2D eigenvalue weighted by atomic mass is 16.2. The molecule has 2 heterocycles. The normalized spacial score (nSPS) is 10.9. The number of anilines is 1. The Morgan fingerprint density at radius 3 is 2.44 bits per heavy atom. The molecule has 0 aliphatic rings. The first-order valence-corrected chi connectivity index (χ1v) is 8.59. The molecule has 1 amide bonds. The van der Waals surface area contributed by atoms with E-state index in [-0.39, 0.29) is 11.3 Å². The van der Waals surface area contributed by atoms with Gasteiger partial charge in [-0.1, -0.05) is 36.4 Å². The Labute approximate surface area is 154 Å². The fourth-order valence-electron chi connectivity index (χ4n) is 2.97. The Morgan fingerprint density at radius 1 is 1.00 bits per heavy atom. The van der Waals surface area contributed by atoms with Crippen LogP contribution in [0, 0.1) is 0 Å². The third-order valence-electron chi connectivity index (χ3n) is 4.28. The van der Waals surface area contributed by atoms with Gasteiger partial charge in [0.15, 0.2) is 5.69 Å². The first kappa shape index (κ1) is 16.7. The number of rotatable bonds is 4.